The second kappa shape index (κ2) is 7.08. The van der Waals surface area contributed by atoms with Gasteiger partial charge in [0.05, 0.1) is 4.92 Å². The largest absolute Gasteiger partial charge is 0.385 e. The first-order chi connectivity index (χ1) is 10.1. The minimum Gasteiger partial charge on any atom is -0.385 e. The SMILES string of the molecule is CCNc1cc(N(C)CCc2cccs2)cc([N+](=O)[O-])c1. The number of nitrogens with zero attached hydrogens (tertiary/aromatic N) is 2. The first-order valence-corrected chi connectivity index (χ1v) is 7.75. The third-order valence-electron chi connectivity index (χ3n) is 3.21. The maximum Gasteiger partial charge on any atom is 0.273 e. The van der Waals surface area contributed by atoms with Gasteiger partial charge in [-0.1, -0.05) is 6.07 Å². The molecule has 2 aromatic rings. The van der Waals surface area contributed by atoms with E-state index in [0.717, 1.165) is 30.9 Å². The third kappa shape index (κ3) is 4.19. The lowest BCUT2D eigenvalue weighted by molar-refractivity contribution is -0.384. The Morgan fingerprint density at radius 2 is 2.19 bits per heavy atom. The van der Waals surface area contributed by atoms with Crippen LogP contribution in [0.25, 0.3) is 0 Å². The van der Waals surface area contributed by atoms with Gasteiger partial charge in [0.15, 0.2) is 0 Å². The van der Waals surface area contributed by atoms with E-state index in [1.54, 1.807) is 23.5 Å². The van der Waals surface area contributed by atoms with E-state index in [-0.39, 0.29) is 10.6 Å². The van der Waals surface area contributed by atoms with Crippen LogP contribution in [0.2, 0.25) is 0 Å². The van der Waals surface area contributed by atoms with Gasteiger partial charge >= 0.3 is 0 Å². The fourth-order valence-corrected chi connectivity index (χ4v) is 2.79. The maximum absolute atomic E-state index is 11.0. The summed E-state index contributed by atoms with van der Waals surface area (Å²) in [5, 5.41) is 16.2. The molecule has 112 valence electrons. The monoisotopic (exact) mass is 305 g/mol. The topological polar surface area (TPSA) is 58.4 Å². The molecule has 0 fully saturated rings. The predicted molar refractivity (Wildman–Crippen MR) is 88.6 cm³/mol. The molecule has 1 aromatic heterocycles. The Hall–Kier alpha value is -2.08. The zero-order chi connectivity index (χ0) is 15.2. The number of anilines is 2. The Morgan fingerprint density at radius 3 is 2.81 bits per heavy atom. The Morgan fingerprint density at radius 1 is 1.38 bits per heavy atom. The highest BCUT2D eigenvalue weighted by atomic mass is 32.1. The van der Waals surface area contributed by atoms with Crippen LogP contribution in [0.1, 0.15) is 11.8 Å². The molecule has 0 saturated heterocycles. The van der Waals surface area contributed by atoms with Crippen molar-refractivity contribution in [2.75, 3.05) is 30.4 Å². The summed E-state index contributed by atoms with van der Waals surface area (Å²) in [6.07, 6.45) is 0.938. The van der Waals surface area contributed by atoms with Gasteiger partial charge in [0.1, 0.15) is 0 Å². The van der Waals surface area contributed by atoms with Crippen LogP contribution in [-0.2, 0) is 6.42 Å². The minimum absolute atomic E-state index is 0.117. The number of nitro groups is 1. The average molecular weight is 305 g/mol. The third-order valence-corrected chi connectivity index (χ3v) is 4.14. The van der Waals surface area contributed by atoms with Gasteiger partial charge in [-0.05, 0) is 30.9 Å². The molecule has 0 radical (unpaired) electrons. The van der Waals surface area contributed by atoms with Gasteiger partial charge in [-0.3, -0.25) is 10.1 Å². The molecule has 21 heavy (non-hydrogen) atoms. The molecule has 5 nitrogen and oxygen atoms in total. The van der Waals surface area contributed by atoms with Crippen LogP contribution in [0.3, 0.4) is 0 Å². The molecule has 0 spiro atoms. The molecule has 0 unspecified atom stereocenters. The van der Waals surface area contributed by atoms with E-state index in [1.165, 1.54) is 4.88 Å². The van der Waals surface area contributed by atoms with Crippen molar-refractivity contribution in [1.29, 1.82) is 0 Å². The number of nitro benzene ring substituents is 1. The summed E-state index contributed by atoms with van der Waals surface area (Å²) >= 11 is 1.73. The smallest absolute Gasteiger partial charge is 0.273 e. The van der Waals surface area contributed by atoms with Crippen molar-refractivity contribution in [3.8, 4) is 0 Å². The van der Waals surface area contributed by atoms with Gasteiger partial charge in [0.2, 0.25) is 0 Å². The summed E-state index contributed by atoms with van der Waals surface area (Å²) < 4.78 is 0. The van der Waals surface area contributed by atoms with E-state index in [4.69, 9.17) is 0 Å². The first-order valence-electron chi connectivity index (χ1n) is 6.87. The molecule has 0 aliphatic carbocycles. The second-order valence-electron chi connectivity index (χ2n) is 4.78. The summed E-state index contributed by atoms with van der Waals surface area (Å²) in [6.45, 7) is 3.53. The Labute approximate surface area is 128 Å². The number of nitrogens with one attached hydrogen (secondary N) is 1. The van der Waals surface area contributed by atoms with Crippen LogP contribution in [0, 0.1) is 10.1 Å². The van der Waals surface area contributed by atoms with Crippen LogP contribution in [-0.4, -0.2) is 25.1 Å². The van der Waals surface area contributed by atoms with Gasteiger partial charge in [0.25, 0.3) is 5.69 Å². The lowest BCUT2D eigenvalue weighted by Crippen LogP contribution is -2.20. The van der Waals surface area contributed by atoms with Crippen LogP contribution < -0.4 is 10.2 Å². The highest BCUT2D eigenvalue weighted by Crippen LogP contribution is 2.26. The fraction of sp³-hybridized carbons (Fsp3) is 0.333. The number of thiophene rings is 1. The normalized spacial score (nSPS) is 10.4. The number of benzene rings is 1. The molecule has 0 bridgehead atoms. The lowest BCUT2D eigenvalue weighted by Gasteiger charge is -2.20. The van der Waals surface area contributed by atoms with Crippen molar-refractivity contribution in [3.05, 3.63) is 50.7 Å². The van der Waals surface area contributed by atoms with Gasteiger partial charge < -0.3 is 10.2 Å². The van der Waals surface area contributed by atoms with E-state index in [0.29, 0.717) is 0 Å². The van der Waals surface area contributed by atoms with Crippen LogP contribution in [0.15, 0.2) is 35.7 Å². The first kappa shape index (κ1) is 15.3. The van der Waals surface area contributed by atoms with E-state index < -0.39 is 0 Å². The van der Waals surface area contributed by atoms with Crippen molar-refractivity contribution in [2.24, 2.45) is 0 Å². The summed E-state index contributed by atoms with van der Waals surface area (Å²) in [5.74, 6) is 0. The van der Waals surface area contributed by atoms with Crippen LogP contribution in [0.5, 0.6) is 0 Å². The van der Waals surface area contributed by atoms with Crippen molar-refractivity contribution >= 4 is 28.4 Å². The summed E-state index contributed by atoms with van der Waals surface area (Å²) in [4.78, 5) is 14.1. The van der Waals surface area contributed by atoms with Gasteiger partial charge in [-0.2, -0.15) is 0 Å². The zero-order valence-electron chi connectivity index (χ0n) is 12.2. The van der Waals surface area contributed by atoms with Gasteiger partial charge in [-0.15, -0.1) is 11.3 Å². The maximum atomic E-state index is 11.0. The second-order valence-corrected chi connectivity index (χ2v) is 5.81. The molecule has 0 amide bonds. The molecule has 0 atom stereocenters. The van der Waals surface area contributed by atoms with E-state index in [2.05, 4.69) is 16.8 Å². The molecule has 1 aromatic carbocycles. The van der Waals surface area contributed by atoms with Crippen molar-refractivity contribution < 1.29 is 4.92 Å². The molecule has 0 saturated carbocycles. The quantitative estimate of drug-likeness (QED) is 0.625. The molecule has 1 N–H and O–H groups in total. The van der Waals surface area contributed by atoms with Crippen molar-refractivity contribution in [1.82, 2.24) is 0 Å². The summed E-state index contributed by atoms with van der Waals surface area (Å²) in [6, 6.07) is 9.28. The Bertz CT molecular complexity index is 599. The highest BCUT2D eigenvalue weighted by Gasteiger charge is 2.12. The van der Waals surface area contributed by atoms with E-state index >= 15 is 0 Å². The average Bonchev–Trinajstić information content (AvgIpc) is 2.98. The predicted octanol–water partition coefficient (Wildman–Crippen LogP) is 3.77. The van der Waals surface area contributed by atoms with Crippen LogP contribution in [0.4, 0.5) is 17.1 Å². The van der Waals surface area contributed by atoms with Gasteiger partial charge in [-0.25, -0.2) is 0 Å². The Balaban J connectivity index is 2.14. The van der Waals surface area contributed by atoms with Crippen molar-refractivity contribution in [2.45, 2.75) is 13.3 Å². The van der Waals surface area contributed by atoms with Crippen LogP contribution >= 0.6 is 11.3 Å². The van der Waals surface area contributed by atoms with E-state index in [1.807, 2.05) is 31.0 Å². The minimum atomic E-state index is -0.350. The Kier molecular flexibility index (Phi) is 5.16. The van der Waals surface area contributed by atoms with Crippen molar-refractivity contribution in [3.63, 3.8) is 0 Å². The molecular formula is C15H19N3O2S. The molecule has 2 rings (SSSR count). The molecular weight excluding hydrogens is 286 g/mol. The molecule has 1 heterocycles. The molecule has 0 aliphatic heterocycles. The molecule has 0 aliphatic rings. The highest BCUT2D eigenvalue weighted by molar-refractivity contribution is 7.09. The number of rotatable bonds is 7. The summed E-state index contributed by atoms with van der Waals surface area (Å²) in [5.41, 5.74) is 1.76. The zero-order valence-corrected chi connectivity index (χ0v) is 13.0. The lowest BCUT2D eigenvalue weighted by atomic mass is 10.2. The number of likely N-dealkylation sites (N-methyl/N-ethyl adjacent to an activating group) is 1. The number of non-ortho nitro benzene ring substituents is 1. The van der Waals surface area contributed by atoms with E-state index in [9.17, 15) is 10.1 Å². The van der Waals surface area contributed by atoms with Gasteiger partial charge in [0, 0.05) is 48.5 Å². The number of hydrogen-bond acceptors (Lipinski definition) is 5. The molecule has 6 heteroatoms. The number of hydrogen-bond donors (Lipinski definition) is 1. The standard InChI is InChI=1S/C15H19N3O2S/c1-3-16-12-9-13(11-14(10-12)18(19)20)17(2)7-6-15-5-4-8-21-15/h4-5,8-11,16H,3,6-7H2,1-2H3. The fourth-order valence-electron chi connectivity index (χ4n) is 2.09. The summed E-state index contributed by atoms with van der Waals surface area (Å²) in [7, 11) is 1.96.